The molecule has 1 aromatic carbocycles. The van der Waals surface area contributed by atoms with Gasteiger partial charge in [0, 0.05) is 25.2 Å². The van der Waals surface area contributed by atoms with Gasteiger partial charge < -0.3 is 5.73 Å². The molecule has 0 bridgehead atoms. The maximum atomic E-state index is 12.0. The Balaban J connectivity index is 1.90. The highest BCUT2D eigenvalue weighted by Gasteiger charge is 2.06. The first-order chi connectivity index (χ1) is 10.8. The molecule has 0 fully saturated rings. The molecule has 0 unspecified atom stereocenters. The monoisotopic (exact) mass is 295 g/mol. The van der Waals surface area contributed by atoms with Gasteiger partial charge in [0.25, 0.3) is 0 Å². The molecule has 0 saturated heterocycles. The zero-order valence-corrected chi connectivity index (χ0v) is 12.1. The lowest BCUT2D eigenvalue weighted by Crippen LogP contribution is -2.16. The van der Waals surface area contributed by atoms with Crippen molar-refractivity contribution in [3.63, 3.8) is 0 Å². The largest absolute Gasteiger partial charge is 0.329 e. The second kappa shape index (κ2) is 6.36. The highest BCUT2D eigenvalue weighted by molar-refractivity contribution is 5.26. The van der Waals surface area contributed by atoms with E-state index in [1.54, 1.807) is 21.8 Å². The SMILES string of the molecule is NCCn1cc(-n2ccc(=O)c(Cc3ccccc3)n2)cn1. The molecule has 112 valence electrons. The predicted octanol–water partition coefficient (Wildman–Crippen LogP) is 0.978. The summed E-state index contributed by atoms with van der Waals surface area (Å²) in [4.78, 5) is 12.0. The van der Waals surface area contributed by atoms with Crippen LogP contribution in [0.5, 0.6) is 0 Å². The summed E-state index contributed by atoms with van der Waals surface area (Å²) in [5.74, 6) is 0. The van der Waals surface area contributed by atoms with Crippen LogP contribution in [0.4, 0.5) is 0 Å². The Morgan fingerprint density at radius 2 is 1.95 bits per heavy atom. The molecule has 0 saturated carbocycles. The molecule has 2 aromatic heterocycles. The van der Waals surface area contributed by atoms with Gasteiger partial charge in [-0.25, -0.2) is 4.68 Å². The number of hydrogen-bond donors (Lipinski definition) is 1. The summed E-state index contributed by atoms with van der Waals surface area (Å²) in [5, 5.41) is 8.65. The number of rotatable bonds is 5. The highest BCUT2D eigenvalue weighted by atomic mass is 16.1. The third-order valence-corrected chi connectivity index (χ3v) is 3.34. The second-order valence-electron chi connectivity index (χ2n) is 4.98. The van der Waals surface area contributed by atoms with E-state index >= 15 is 0 Å². The van der Waals surface area contributed by atoms with Gasteiger partial charge in [-0.15, -0.1) is 0 Å². The van der Waals surface area contributed by atoms with Crippen LogP contribution in [0.2, 0.25) is 0 Å². The molecule has 3 rings (SSSR count). The van der Waals surface area contributed by atoms with Crippen molar-refractivity contribution in [2.24, 2.45) is 5.73 Å². The van der Waals surface area contributed by atoms with Crippen molar-refractivity contribution in [1.29, 1.82) is 0 Å². The fourth-order valence-electron chi connectivity index (χ4n) is 2.23. The molecule has 22 heavy (non-hydrogen) atoms. The summed E-state index contributed by atoms with van der Waals surface area (Å²) in [6.07, 6.45) is 5.73. The summed E-state index contributed by atoms with van der Waals surface area (Å²) < 4.78 is 3.42. The summed E-state index contributed by atoms with van der Waals surface area (Å²) in [5.41, 5.74) is 7.83. The average Bonchev–Trinajstić information content (AvgIpc) is 3.00. The molecule has 0 aliphatic rings. The van der Waals surface area contributed by atoms with E-state index in [1.165, 1.54) is 6.07 Å². The van der Waals surface area contributed by atoms with E-state index in [0.29, 0.717) is 25.2 Å². The van der Waals surface area contributed by atoms with E-state index in [4.69, 9.17) is 5.73 Å². The Kier molecular flexibility index (Phi) is 4.11. The van der Waals surface area contributed by atoms with Gasteiger partial charge in [-0.05, 0) is 5.56 Å². The lowest BCUT2D eigenvalue weighted by molar-refractivity contribution is 0.624. The van der Waals surface area contributed by atoms with Gasteiger partial charge in [-0.1, -0.05) is 30.3 Å². The van der Waals surface area contributed by atoms with Gasteiger partial charge in [-0.3, -0.25) is 9.48 Å². The molecule has 2 N–H and O–H groups in total. The zero-order chi connectivity index (χ0) is 15.4. The van der Waals surface area contributed by atoms with Gasteiger partial charge in [0.15, 0.2) is 0 Å². The average molecular weight is 295 g/mol. The quantitative estimate of drug-likeness (QED) is 0.761. The highest BCUT2D eigenvalue weighted by Crippen LogP contribution is 2.07. The number of hydrogen-bond acceptors (Lipinski definition) is 4. The normalized spacial score (nSPS) is 10.8. The molecule has 0 atom stereocenters. The minimum absolute atomic E-state index is 0.0607. The Morgan fingerprint density at radius 3 is 2.73 bits per heavy atom. The molecule has 2 heterocycles. The molecule has 0 aliphatic carbocycles. The molecule has 0 amide bonds. The van der Waals surface area contributed by atoms with Crippen molar-refractivity contribution in [1.82, 2.24) is 19.6 Å². The van der Waals surface area contributed by atoms with Crippen molar-refractivity contribution < 1.29 is 0 Å². The minimum Gasteiger partial charge on any atom is -0.329 e. The van der Waals surface area contributed by atoms with Crippen molar-refractivity contribution in [2.75, 3.05) is 6.54 Å². The van der Waals surface area contributed by atoms with Crippen LogP contribution < -0.4 is 11.2 Å². The molecule has 0 radical (unpaired) electrons. The summed E-state index contributed by atoms with van der Waals surface area (Å²) in [6, 6.07) is 11.4. The van der Waals surface area contributed by atoms with Gasteiger partial charge in [0.2, 0.25) is 5.43 Å². The van der Waals surface area contributed by atoms with Crippen molar-refractivity contribution in [3.8, 4) is 5.69 Å². The third-order valence-electron chi connectivity index (χ3n) is 3.34. The van der Waals surface area contributed by atoms with Crippen molar-refractivity contribution >= 4 is 0 Å². The minimum atomic E-state index is -0.0607. The fourth-order valence-corrected chi connectivity index (χ4v) is 2.23. The first kappa shape index (κ1) is 14.2. The summed E-state index contributed by atoms with van der Waals surface area (Å²) >= 11 is 0. The number of aromatic nitrogens is 4. The maximum Gasteiger partial charge on any atom is 0.203 e. The van der Waals surface area contributed by atoms with Crippen LogP contribution in [-0.4, -0.2) is 26.1 Å². The smallest absolute Gasteiger partial charge is 0.203 e. The van der Waals surface area contributed by atoms with Crippen LogP contribution >= 0.6 is 0 Å². The maximum absolute atomic E-state index is 12.0. The number of nitrogens with two attached hydrogens (primary N) is 1. The van der Waals surface area contributed by atoms with E-state index in [-0.39, 0.29) is 5.43 Å². The lowest BCUT2D eigenvalue weighted by atomic mass is 10.1. The Morgan fingerprint density at radius 1 is 1.14 bits per heavy atom. The molecular formula is C16H17N5O. The van der Waals surface area contributed by atoms with Gasteiger partial charge in [-0.2, -0.15) is 10.2 Å². The fraction of sp³-hybridized carbons (Fsp3) is 0.188. The molecule has 0 spiro atoms. The lowest BCUT2D eigenvalue weighted by Gasteiger charge is -2.05. The van der Waals surface area contributed by atoms with Crippen LogP contribution in [0.1, 0.15) is 11.3 Å². The molecule has 0 aliphatic heterocycles. The van der Waals surface area contributed by atoms with E-state index in [1.807, 2.05) is 36.5 Å². The Bertz CT molecular complexity index is 807. The van der Waals surface area contributed by atoms with E-state index in [0.717, 1.165) is 11.3 Å². The topological polar surface area (TPSA) is 78.7 Å². The Hall–Kier alpha value is -2.73. The molecule has 6 nitrogen and oxygen atoms in total. The van der Waals surface area contributed by atoms with Crippen molar-refractivity contribution in [2.45, 2.75) is 13.0 Å². The van der Waals surface area contributed by atoms with Gasteiger partial charge in [0.1, 0.15) is 11.4 Å². The molecule has 3 aromatic rings. The second-order valence-corrected chi connectivity index (χ2v) is 4.98. The van der Waals surface area contributed by atoms with E-state index in [9.17, 15) is 4.79 Å². The number of nitrogens with zero attached hydrogens (tertiary/aromatic N) is 4. The van der Waals surface area contributed by atoms with Crippen molar-refractivity contribution in [3.05, 3.63) is 76.5 Å². The predicted molar refractivity (Wildman–Crippen MR) is 83.9 cm³/mol. The number of benzene rings is 1. The van der Waals surface area contributed by atoms with E-state index in [2.05, 4.69) is 10.2 Å². The van der Waals surface area contributed by atoms with Crippen LogP contribution in [0.15, 0.2) is 59.8 Å². The summed E-state index contributed by atoms with van der Waals surface area (Å²) in [7, 11) is 0. The zero-order valence-electron chi connectivity index (χ0n) is 12.1. The Labute approximate surface area is 127 Å². The van der Waals surface area contributed by atoms with Crippen LogP contribution in [0.3, 0.4) is 0 Å². The van der Waals surface area contributed by atoms with Crippen LogP contribution in [-0.2, 0) is 13.0 Å². The first-order valence-corrected chi connectivity index (χ1v) is 7.12. The first-order valence-electron chi connectivity index (χ1n) is 7.12. The molecular weight excluding hydrogens is 278 g/mol. The molecule has 6 heteroatoms. The van der Waals surface area contributed by atoms with Crippen LogP contribution in [0.25, 0.3) is 5.69 Å². The van der Waals surface area contributed by atoms with Crippen LogP contribution in [0, 0.1) is 0 Å². The van der Waals surface area contributed by atoms with Gasteiger partial charge in [0.05, 0.1) is 18.9 Å². The van der Waals surface area contributed by atoms with E-state index < -0.39 is 0 Å². The van der Waals surface area contributed by atoms with Gasteiger partial charge >= 0.3 is 0 Å². The standard InChI is InChI=1S/C16H17N5O/c17-7-9-20-12-14(11-18-20)21-8-6-16(22)15(19-21)10-13-4-2-1-3-5-13/h1-6,8,11-12H,7,9-10,17H2. The third kappa shape index (κ3) is 3.12. The summed E-state index contributed by atoms with van der Waals surface area (Å²) in [6.45, 7) is 1.18.